The maximum Gasteiger partial charge on any atom is 0.0638 e. The highest BCUT2D eigenvalue weighted by Crippen LogP contribution is 2.48. The van der Waals surface area contributed by atoms with Gasteiger partial charge >= 0.3 is 0 Å². The number of hydrogen-bond acceptors (Lipinski definition) is 2. The average Bonchev–Trinajstić information content (AvgIpc) is 3.09. The lowest BCUT2D eigenvalue weighted by Crippen LogP contribution is -2.34. The van der Waals surface area contributed by atoms with Crippen LogP contribution >= 0.6 is 0 Å². The van der Waals surface area contributed by atoms with E-state index >= 15 is 0 Å². The van der Waals surface area contributed by atoms with Crippen molar-refractivity contribution in [2.24, 2.45) is 17.8 Å². The SMILES string of the molecule is CCC(CC#N)NCC(C1CC1)C1CC1. The smallest absolute Gasteiger partial charge is 0.0638 e. The van der Waals surface area contributed by atoms with Crippen LogP contribution < -0.4 is 5.32 Å². The van der Waals surface area contributed by atoms with E-state index in [0.717, 1.165) is 30.7 Å². The Balaban J connectivity index is 1.72. The Morgan fingerprint density at radius 2 is 1.87 bits per heavy atom. The molecule has 0 aromatic heterocycles. The molecule has 2 nitrogen and oxygen atoms in total. The second-order valence-corrected chi connectivity index (χ2v) is 5.21. The highest BCUT2D eigenvalue weighted by atomic mass is 14.9. The molecule has 0 radical (unpaired) electrons. The molecule has 2 rings (SSSR count). The van der Waals surface area contributed by atoms with Gasteiger partial charge in [-0.2, -0.15) is 5.26 Å². The van der Waals surface area contributed by atoms with E-state index in [1.54, 1.807) is 0 Å². The maximum absolute atomic E-state index is 8.69. The zero-order valence-corrected chi connectivity index (χ0v) is 9.71. The monoisotopic (exact) mass is 206 g/mol. The van der Waals surface area contributed by atoms with Crippen LogP contribution in [0.3, 0.4) is 0 Å². The van der Waals surface area contributed by atoms with E-state index < -0.39 is 0 Å². The molecule has 0 aromatic rings. The predicted octanol–water partition coefficient (Wildman–Crippen LogP) is 2.70. The molecule has 0 spiro atoms. The minimum absolute atomic E-state index is 0.426. The van der Waals surface area contributed by atoms with Crippen molar-refractivity contribution in [1.82, 2.24) is 5.32 Å². The summed E-state index contributed by atoms with van der Waals surface area (Å²) in [5.74, 6) is 2.96. The molecule has 1 N–H and O–H groups in total. The van der Waals surface area contributed by atoms with E-state index in [1.807, 2.05) is 0 Å². The van der Waals surface area contributed by atoms with Crippen molar-refractivity contribution in [3.8, 4) is 6.07 Å². The van der Waals surface area contributed by atoms with Crippen molar-refractivity contribution >= 4 is 0 Å². The molecule has 2 fully saturated rings. The van der Waals surface area contributed by atoms with Crippen molar-refractivity contribution in [1.29, 1.82) is 5.26 Å². The summed E-state index contributed by atoms with van der Waals surface area (Å²) in [7, 11) is 0. The highest BCUT2D eigenvalue weighted by Gasteiger charge is 2.41. The summed E-state index contributed by atoms with van der Waals surface area (Å²) in [5.41, 5.74) is 0. The topological polar surface area (TPSA) is 35.8 Å². The summed E-state index contributed by atoms with van der Waals surface area (Å²) < 4.78 is 0. The first-order chi connectivity index (χ1) is 7.35. The van der Waals surface area contributed by atoms with E-state index in [1.165, 1.54) is 25.7 Å². The minimum Gasteiger partial charge on any atom is -0.313 e. The first kappa shape index (κ1) is 11.0. The molecule has 1 atom stereocenters. The third kappa shape index (κ3) is 3.21. The van der Waals surface area contributed by atoms with Crippen LogP contribution in [-0.4, -0.2) is 12.6 Å². The molecule has 2 aliphatic carbocycles. The van der Waals surface area contributed by atoms with E-state index in [0.29, 0.717) is 12.5 Å². The standard InChI is InChI=1S/C13H22N2/c1-2-12(7-8-14)15-9-13(10-3-4-10)11-5-6-11/h10-13,15H,2-7,9H2,1H3. The van der Waals surface area contributed by atoms with Gasteiger partial charge in [-0.25, -0.2) is 0 Å². The molecule has 0 bridgehead atoms. The van der Waals surface area contributed by atoms with Crippen LogP contribution in [0.1, 0.15) is 45.4 Å². The molecular weight excluding hydrogens is 184 g/mol. The molecule has 2 aliphatic rings. The zero-order valence-electron chi connectivity index (χ0n) is 9.71. The molecule has 15 heavy (non-hydrogen) atoms. The Labute approximate surface area is 93.0 Å². The van der Waals surface area contributed by atoms with Gasteiger partial charge in [-0.3, -0.25) is 0 Å². The second kappa shape index (κ2) is 4.99. The molecule has 0 aromatic carbocycles. The van der Waals surface area contributed by atoms with Gasteiger partial charge in [0.2, 0.25) is 0 Å². The van der Waals surface area contributed by atoms with Crippen molar-refractivity contribution in [2.45, 2.75) is 51.5 Å². The quantitative estimate of drug-likeness (QED) is 0.695. The van der Waals surface area contributed by atoms with Gasteiger partial charge in [0.05, 0.1) is 12.5 Å². The molecule has 0 saturated heterocycles. The Bertz CT molecular complexity index is 223. The first-order valence-corrected chi connectivity index (χ1v) is 6.45. The van der Waals surface area contributed by atoms with Crippen LogP contribution in [0.5, 0.6) is 0 Å². The van der Waals surface area contributed by atoms with Crippen molar-refractivity contribution in [3.05, 3.63) is 0 Å². The van der Waals surface area contributed by atoms with Gasteiger partial charge in [0.25, 0.3) is 0 Å². The Morgan fingerprint density at radius 3 is 2.27 bits per heavy atom. The molecule has 0 aliphatic heterocycles. The zero-order chi connectivity index (χ0) is 10.7. The summed E-state index contributed by atoms with van der Waals surface area (Å²) in [6.45, 7) is 3.33. The summed E-state index contributed by atoms with van der Waals surface area (Å²) >= 11 is 0. The third-order valence-electron chi connectivity index (χ3n) is 3.93. The lowest BCUT2D eigenvalue weighted by Gasteiger charge is -2.20. The maximum atomic E-state index is 8.69. The highest BCUT2D eigenvalue weighted by molar-refractivity contribution is 4.93. The molecule has 84 valence electrons. The summed E-state index contributed by atoms with van der Waals surface area (Å²) in [6.07, 6.45) is 7.57. The van der Waals surface area contributed by atoms with E-state index in [9.17, 15) is 0 Å². The van der Waals surface area contributed by atoms with Gasteiger partial charge < -0.3 is 5.32 Å². The number of nitrogens with one attached hydrogen (secondary N) is 1. The van der Waals surface area contributed by atoms with E-state index in [4.69, 9.17) is 5.26 Å². The van der Waals surface area contributed by atoms with Crippen molar-refractivity contribution in [2.75, 3.05) is 6.54 Å². The van der Waals surface area contributed by atoms with Crippen LogP contribution in [0.4, 0.5) is 0 Å². The van der Waals surface area contributed by atoms with Crippen molar-refractivity contribution in [3.63, 3.8) is 0 Å². The van der Waals surface area contributed by atoms with E-state index in [-0.39, 0.29) is 0 Å². The van der Waals surface area contributed by atoms with Crippen LogP contribution in [0.25, 0.3) is 0 Å². The Morgan fingerprint density at radius 1 is 1.27 bits per heavy atom. The fraction of sp³-hybridized carbons (Fsp3) is 0.923. The molecule has 2 heteroatoms. The van der Waals surface area contributed by atoms with Crippen molar-refractivity contribution < 1.29 is 0 Å². The lowest BCUT2D eigenvalue weighted by molar-refractivity contribution is 0.351. The molecule has 0 heterocycles. The van der Waals surface area contributed by atoms with Gasteiger partial charge in [0.1, 0.15) is 0 Å². The summed E-state index contributed by atoms with van der Waals surface area (Å²) in [5, 5.41) is 12.3. The third-order valence-corrected chi connectivity index (χ3v) is 3.93. The van der Waals surface area contributed by atoms with Gasteiger partial charge in [-0.05, 0) is 56.4 Å². The summed E-state index contributed by atoms with van der Waals surface area (Å²) in [4.78, 5) is 0. The van der Waals surface area contributed by atoms with Gasteiger partial charge in [0, 0.05) is 6.04 Å². The van der Waals surface area contributed by atoms with Gasteiger partial charge in [0.15, 0.2) is 0 Å². The normalized spacial score (nSPS) is 22.7. The van der Waals surface area contributed by atoms with Gasteiger partial charge in [-0.1, -0.05) is 6.92 Å². The largest absolute Gasteiger partial charge is 0.313 e. The fourth-order valence-corrected chi connectivity index (χ4v) is 2.54. The van der Waals surface area contributed by atoms with Gasteiger partial charge in [-0.15, -0.1) is 0 Å². The predicted molar refractivity (Wildman–Crippen MR) is 61.2 cm³/mol. The van der Waals surface area contributed by atoms with E-state index in [2.05, 4.69) is 18.3 Å². The Hall–Kier alpha value is -0.550. The molecule has 2 saturated carbocycles. The minimum atomic E-state index is 0.426. The number of nitriles is 1. The molecule has 0 amide bonds. The molecular formula is C13H22N2. The number of hydrogen-bond donors (Lipinski definition) is 1. The lowest BCUT2D eigenvalue weighted by atomic mass is 9.97. The number of rotatable bonds is 7. The summed E-state index contributed by atoms with van der Waals surface area (Å²) in [6, 6.07) is 2.70. The van der Waals surface area contributed by atoms with Crippen LogP contribution in [0.15, 0.2) is 0 Å². The average molecular weight is 206 g/mol. The molecule has 1 unspecified atom stereocenters. The number of nitrogens with zero attached hydrogens (tertiary/aromatic N) is 1. The Kier molecular flexibility index (Phi) is 3.64. The van der Waals surface area contributed by atoms with Crippen LogP contribution in [-0.2, 0) is 0 Å². The first-order valence-electron chi connectivity index (χ1n) is 6.45. The van der Waals surface area contributed by atoms with Crippen LogP contribution in [0.2, 0.25) is 0 Å². The van der Waals surface area contributed by atoms with Crippen LogP contribution in [0, 0.1) is 29.1 Å². The second-order valence-electron chi connectivity index (χ2n) is 5.21. The fourth-order valence-electron chi connectivity index (χ4n) is 2.54.